The Hall–Kier alpha value is -0.860. The molecule has 1 aliphatic rings. The van der Waals surface area contributed by atoms with Crippen LogP contribution in [0.25, 0.3) is 0 Å². The highest BCUT2D eigenvalue weighted by Crippen LogP contribution is 2.30. The molecule has 1 saturated heterocycles. The molecule has 1 aromatic carbocycles. The topological polar surface area (TPSA) is 23.5 Å². The van der Waals surface area contributed by atoms with Gasteiger partial charge in [0.15, 0.2) is 0 Å². The quantitative estimate of drug-likeness (QED) is 0.908. The van der Waals surface area contributed by atoms with E-state index in [1.807, 2.05) is 0 Å². The molecule has 2 heteroatoms. The third-order valence-electron chi connectivity index (χ3n) is 5.20. The van der Waals surface area contributed by atoms with E-state index in [-0.39, 0.29) is 6.10 Å². The van der Waals surface area contributed by atoms with Crippen LogP contribution in [0.3, 0.4) is 0 Å². The lowest BCUT2D eigenvalue weighted by molar-refractivity contribution is 0.0312. The van der Waals surface area contributed by atoms with Gasteiger partial charge in [0.05, 0.1) is 6.10 Å². The standard InChI is InChI=1S/C19H31NO/c1-12-7-15(4)19(16(5)8-12)18(21)11-20-10-13(2)9-14(3)17(20)6/h7-8,13-14,17-18,21H,9-11H2,1-6H3. The van der Waals surface area contributed by atoms with Crippen molar-refractivity contribution in [1.29, 1.82) is 0 Å². The van der Waals surface area contributed by atoms with Crippen molar-refractivity contribution in [3.8, 4) is 0 Å². The Morgan fingerprint density at radius 2 is 1.71 bits per heavy atom. The summed E-state index contributed by atoms with van der Waals surface area (Å²) in [4.78, 5) is 2.47. The molecule has 0 saturated carbocycles. The average molecular weight is 289 g/mol. The molecule has 118 valence electrons. The van der Waals surface area contributed by atoms with Gasteiger partial charge in [-0.1, -0.05) is 31.5 Å². The molecule has 0 aliphatic carbocycles. The predicted octanol–water partition coefficient (Wildman–Crippen LogP) is 4.01. The van der Waals surface area contributed by atoms with E-state index >= 15 is 0 Å². The number of rotatable bonds is 3. The Kier molecular flexibility index (Phi) is 5.11. The average Bonchev–Trinajstić information content (AvgIpc) is 2.33. The van der Waals surface area contributed by atoms with Crippen LogP contribution in [-0.2, 0) is 0 Å². The van der Waals surface area contributed by atoms with Crippen LogP contribution in [0.1, 0.15) is 55.5 Å². The smallest absolute Gasteiger partial charge is 0.0922 e. The number of likely N-dealkylation sites (tertiary alicyclic amines) is 1. The summed E-state index contributed by atoms with van der Waals surface area (Å²) in [5.74, 6) is 1.43. The zero-order chi connectivity index (χ0) is 15.7. The van der Waals surface area contributed by atoms with Gasteiger partial charge >= 0.3 is 0 Å². The first-order valence-corrected chi connectivity index (χ1v) is 8.29. The molecule has 1 N–H and O–H groups in total. The van der Waals surface area contributed by atoms with E-state index in [1.54, 1.807) is 0 Å². The molecule has 1 heterocycles. The fourth-order valence-corrected chi connectivity index (χ4v) is 4.10. The van der Waals surface area contributed by atoms with Gasteiger partial charge in [0.1, 0.15) is 0 Å². The van der Waals surface area contributed by atoms with Gasteiger partial charge in [0.2, 0.25) is 0 Å². The van der Waals surface area contributed by atoms with E-state index in [9.17, 15) is 5.11 Å². The van der Waals surface area contributed by atoms with Gasteiger partial charge in [-0.05, 0) is 62.6 Å². The molecule has 4 atom stereocenters. The summed E-state index contributed by atoms with van der Waals surface area (Å²) in [7, 11) is 0. The molecule has 21 heavy (non-hydrogen) atoms. The van der Waals surface area contributed by atoms with Gasteiger partial charge in [-0.3, -0.25) is 4.90 Å². The van der Waals surface area contributed by atoms with E-state index in [4.69, 9.17) is 0 Å². The van der Waals surface area contributed by atoms with Gasteiger partial charge in [0, 0.05) is 19.1 Å². The second-order valence-corrected chi connectivity index (χ2v) is 7.34. The molecular weight excluding hydrogens is 258 g/mol. The Balaban J connectivity index is 2.16. The predicted molar refractivity (Wildman–Crippen MR) is 89.6 cm³/mol. The van der Waals surface area contributed by atoms with Crippen LogP contribution in [-0.4, -0.2) is 29.1 Å². The summed E-state index contributed by atoms with van der Waals surface area (Å²) in [5.41, 5.74) is 4.82. The highest BCUT2D eigenvalue weighted by atomic mass is 16.3. The minimum atomic E-state index is -0.384. The molecule has 0 bridgehead atoms. The molecule has 1 fully saturated rings. The van der Waals surface area contributed by atoms with Crippen LogP contribution in [0.5, 0.6) is 0 Å². The van der Waals surface area contributed by atoms with Gasteiger partial charge in [-0.2, -0.15) is 0 Å². The van der Waals surface area contributed by atoms with Crippen LogP contribution in [0.2, 0.25) is 0 Å². The summed E-state index contributed by atoms with van der Waals surface area (Å²) in [6.07, 6.45) is 0.918. The van der Waals surface area contributed by atoms with Crippen molar-refractivity contribution in [2.45, 2.75) is 60.1 Å². The minimum absolute atomic E-state index is 0.384. The van der Waals surface area contributed by atoms with E-state index < -0.39 is 0 Å². The maximum absolute atomic E-state index is 10.8. The van der Waals surface area contributed by atoms with Crippen molar-refractivity contribution >= 4 is 0 Å². The molecule has 0 radical (unpaired) electrons. The number of aliphatic hydroxyl groups is 1. The second kappa shape index (κ2) is 6.50. The summed E-state index contributed by atoms with van der Waals surface area (Å²) in [6, 6.07) is 4.91. The van der Waals surface area contributed by atoms with Crippen molar-refractivity contribution in [2.75, 3.05) is 13.1 Å². The van der Waals surface area contributed by atoms with E-state index in [0.717, 1.165) is 24.6 Å². The Bertz CT molecular complexity index is 473. The molecule has 2 rings (SSSR count). The van der Waals surface area contributed by atoms with Crippen LogP contribution < -0.4 is 0 Å². The Morgan fingerprint density at radius 1 is 1.14 bits per heavy atom. The number of aryl methyl sites for hydroxylation is 3. The van der Waals surface area contributed by atoms with Crippen molar-refractivity contribution in [3.63, 3.8) is 0 Å². The number of piperidine rings is 1. The zero-order valence-electron chi connectivity index (χ0n) is 14.5. The van der Waals surface area contributed by atoms with Crippen molar-refractivity contribution in [3.05, 3.63) is 34.4 Å². The first-order valence-electron chi connectivity index (χ1n) is 8.29. The fourth-order valence-electron chi connectivity index (χ4n) is 4.10. The third-order valence-corrected chi connectivity index (χ3v) is 5.20. The summed E-state index contributed by atoms with van der Waals surface area (Å²) >= 11 is 0. The zero-order valence-corrected chi connectivity index (χ0v) is 14.5. The summed E-state index contributed by atoms with van der Waals surface area (Å²) in [6.45, 7) is 15.2. The van der Waals surface area contributed by atoms with Crippen LogP contribution >= 0.6 is 0 Å². The first kappa shape index (κ1) is 16.5. The summed E-state index contributed by atoms with van der Waals surface area (Å²) in [5, 5.41) is 10.8. The Morgan fingerprint density at radius 3 is 2.29 bits per heavy atom. The SMILES string of the molecule is Cc1cc(C)c(C(O)CN2CC(C)CC(C)C2C)c(C)c1. The first-order chi connectivity index (χ1) is 9.79. The molecule has 1 aromatic rings. The van der Waals surface area contributed by atoms with Gasteiger partial charge in [-0.25, -0.2) is 0 Å². The van der Waals surface area contributed by atoms with Crippen LogP contribution in [0.15, 0.2) is 12.1 Å². The van der Waals surface area contributed by atoms with Crippen LogP contribution in [0, 0.1) is 32.6 Å². The second-order valence-electron chi connectivity index (χ2n) is 7.34. The largest absolute Gasteiger partial charge is 0.387 e. The molecule has 0 aromatic heterocycles. The molecule has 1 aliphatic heterocycles. The van der Waals surface area contributed by atoms with Crippen molar-refractivity contribution in [1.82, 2.24) is 4.90 Å². The molecule has 4 unspecified atom stereocenters. The van der Waals surface area contributed by atoms with Gasteiger partial charge in [0.25, 0.3) is 0 Å². The number of aliphatic hydroxyl groups excluding tert-OH is 1. The number of hydrogen-bond donors (Lipinski definition) is 1. The molecular formula is C19H31NO. The lowest BCUT2D eigenvalue weighted by Crippen LogP contribution is -2.47. The summed E-state index contributed by atoms with van der Waals surface area (Å²) < 4.78 is 0. The van der Waals surface area contributed by atoms with Crippen molar-refractivity contribution < 1.29 is 5.11 Å². The lowest BCUT2D eigenvalue weighted by atomic mass is 9.85. The van der Waals surface area contributed by atoms with E-state index in [1.165, 1.54) is 23.1 Å². The van der Waals surface area contributed by atoms with Gasteiger partial charge in [-0.15, -0.1) is 0 Å². The lowest BCUT2D eigenvalue weighted by Gasteiger charge is -2.42. The van der Waals surface area contributed by atoms with E-state index in [2.05, 4.69) is 58.6 Å². The minimum Gasteiger partial charge on any atom is -0.387 e. The third kappa shape index (κ3) is 3.67. The van der Waals surface area contributed by atoms with E-state index in [0.29, 0.717) is 12.0 Å². The maximum atomic E-state index is 10.8. The number of hydrogen-bond acceptors (Lipinski definition) is 2. The maximum Gasteiger partial charge on any atom is 0.0922 e. The monoisotopic (exact) mass is 289 g/mol. The highest BCUT2D eigenvalue weighted by molar-refractivity contribution is 5.39. The van der Waals surface area contributed by atoms with Crippen molar-refractivity contribution in [2.24, 2.45) is 11.8 Å². The normalized spacial score (nSPS) is 28.6. The van der Waals surface area contributed by atoms with Gasteiger partial charge < -0.3 is 5.11 Å². The van der Waals surface area contributed by atoms with Crippen LogP contribution in [0.4, 0.5) is 0 Å². The highest BCUT2D eigenvalue weighted by Gasteiger charge is 2.30. The number of β-amino-alcohol motifs (C(OH)–C–C–N with tert-alkyl or cyclic N) is 1. The molecule has 0 amide bonds. The molecule has 0 spiro atoms. The Labute approximate surface area is 130 Å². The number of benzene rings is 1. The fraction of sp³-hybridized carbons (Fsp3) is 0.684. The number of nitrogens with zero attached hydrogens (tertiary/aromatic N) is 1. The molecule has 2 nitrogen and oxygen atoms in total.